The molecule has 2 heterocycles. The van der Waals surface area contributed by atoms with E-state index in [0.29, 0.717) is 11.8 Å². The van der Waals surface area contributed by atoms with Crippen molar-refractivity contribution in [1.82, 2.24) is 9.80 Å². The zero-order valence-corrected chi connectivity index (χ0v) is 10.9. The molecule has 2 saturated heterocycles. The number of piperazine rings is 1. The zero-order chi connectivity index (χ0) is 11.8. The topological polar surface area (TPSA) is 23.6 Å². The largest absolute Gasteiger partial charge is 0.298 e. The van der Waals surface area contributed by atoms with Gasteiger partial charge in [0.15, 0.2) is 0 Å². The summed E-state index contributed by atoms with van der Waals surface area (Å²) in [5.74, 6) is 0.501. The fourth-order valence-corrected chi connectivity index (χ4v) is 3.96. The number of Topliss-reactive ketones (excluding diaryl/α,β-unsaturated/α-hetero) is 1. The highest BCUT2D eigenvalue weighted by molar-refractivity contribution is 5.85. The van der Waals surface area contributed by atoms with Crippen LogP contribution in [0, 0.1) is 0 Å². The molecule has 0 aromatic heterocycles. The number of carbonyl (C=O) groups excluding carboxylic acids is 1. The van der Waals surface area contributed by atoms with Gasteiger partial charge in [0.2, 0.25) is 0 Å². The zero-order valence-electron chi connectivity index (χ0n) is 10.9. The van der Waals surface area contributed by atoms with E-state index in [4.69, 9.17) is 0 Å². The highest BCUT2D eigenvalue weighted by Gasteiger charge is 2.39. The van der Waals surface area contributed by atoms with E-state index >= 15 is 0 Å². The number of fused-ring (bicyclic) bond motifs is 1. The maximum Gasteiger partial charge on any atom is 0.149 e. The smallest absolute Gasteiger partial charge is 0.149 e. The summed E-state index contributed by atoms with van der Waals surface area (Å²) < 4.78 is 0. The van der Waals surface area contributed by atoms with Crippen LogP contribution in [0.4, 0.5) is 0 Å². The Morgan fingerprint density at radius 2 is 2.00 bits per heavy atom. The van der Waals surface area contributed by atoms with Crippen LogP contribution in [0.2, 0.25) is 0 Å². The lowest BCUT2D eigenvalue weighted by molar-refractivity contribution is -0.124. The lowest BCUT2D eigenvalue weighted by Gasteiger charge is -2.49. The molecule has 3 nitrogen and oxygen atoms in total. The van der Waals surface area contributed by atoms with Crippen LogP contribution < -0.4 is 0 Å². The first-order chi connectivity index (χ1) is 8.25. The van der Waals surface area contributed by atoms with Crippen molar-refractivity contribution in [1.29, 1.82) is 0 Å². The van der Waals surface area contributed by atoms with Crippen LogP contribution in [0.15, 0.2) is 0 Å². The third kappa shape index (κ3) is 2.15. The Hall–Kier alpha value is -0.410. The molecule has 3 aliphatic rings. The molecule has 1 saturated carbocycles. The molecule has 0 radical (unpaired) electrons. The lowest BCUT2D eigenvalue weighted by Crippen LogP contribution is -2.61. The van der Waals surface area contributed by atoms with Gasteiger partial charge in [-0.15, -0.1) is 0 Å². The van der Waals surface area contributed by atoms with Crippen molar-refractivity contribution in [2.75, 3.05) is 19.6 Å². The fraction of sp³-hybridized carbons (Fsp3) is 0.929. The molecule has 0 N–H and O–H groups in total. The first kappa shape index (κ1) is 11.7. The van der Waals surface area contributed by atoms with Gasteiger partial charge in [-0.25, -0.2) is 0 Å². The molecular formula is C14H24N2O. The van der Waals surface area contributed by atoms with Crippen molar-refractivity contribution in [2.45, 2.75) is 63.6 Å². The second-order valence-corrected chi connectivity index (χ2v) is 6.06. The quantitative estimate of drug-likeness (QED) is 0.692. The molecule has 0 spiro atoms. The second-order valence-electron chi connectivity index (χ2n) is 6.06. The highest BCUT2D eigenvalue weighted by atomic mass is 16.1. The van der Waals surface area contributed by atoms with Crippen LogP contribution in [0.1, 0.15) is 45.4 Å². The van der Waals surface area contributed by atoms with E-state index in [1.54, 1.807) is 0 Å². The number of hydrogen-bond donors (Lipinski definition) is 0. The van der Waals surface area contributed by atoms with E-state index in [1.807, 2.05) is 0 Å². The van der Waals surface area contributed by atoms with Gasteiger partial charge < -0.3 is 0 Å². The molecule has 3 heteroatoms. The fourth-order valence-electron chi connectivity index (χ4n) is 3.96. The van der Waals surface area contributed by atoms with Crippen LogP contribution in [-0.4, -0.2) is 53.3 Å². The molecule has 3 rings (SSSR count). The average molecular weight is 236 g/mol. The standard InChI is InChI=1S/C14H24N2O/c1-11-9-15-8-3-2-5-12(15)10-16(11)13-6-4-7-14(13)17/h11-13H,2-10H2,1H3. The maximum absolute atomic E-state index is 11.9. The van der Waals surface area contributed by atoms with E-state index in [2.05, 4.69) is 16.7 Å². The van der Waals surface area contributed by atoms with Crippen molar-refractivity contribution in [3.05, 3.63) is 0 Å². The molecule has 3 fully saturated rings. The number of nitrogens with zero attached hydrogens (tertiary/aromatic N) is 2. The van der Waals surface area contributed by atoms with Crippen molar-refractivity contribution in [3.8, 4) is 0 Å². The van der Waals surface area contributed by atoms with Crippen LogP contribution in [0.25, 0.3) is 0 Å². The molecule has 1 aliphatic carbocycles. The maximum atomic E-state index is 11.9. The van der Waals surface area contributed by atoms with Crippen LogP contribution in [0.3, 0.4) is 0 Å². The third-order valence-electron chi connectivity index (χ3n) is 4.91. The lowest BCUT2D eigenvalue weighted by atomic mass is 9.95. The average Bonchev–Trinajstić information content (AvgIpc) is 2.74. The molecule has 0 bridgehead atoms. The third-order valence-corrected chi connectivity index (χ3v) is 4.91. The minimum absolute atomic E-state index is 0.258. The molecular weight excluding hydrogens is 212 g/mol. The van der Waals surface area contributed by atoms with Crippen molar-refractivity contribution in [3.63, 3.8) is 0 Å². The van der Waals surface area contributed by atoms with E-state index in [9.17, 15) is 4.79 Å². The summed E-state index contributed by atoms with van der Waals surface area (Å²) in [6.45, 7) is 5.89. The van der Waals surface area contributed by atoms with Gasteiger partial charge in [0.25, 0.3) is 0 Å². The van der Waals surface area contributed by atoms with Crippen molar-refractivity contribution >= 4 is 5.78 Å². The van der Waals surface area contributed by atoms with E-state index in [1.165, 1.54) is 32.4 Å². The molecule has 3 atom stereocenters. The number of carbonyl (C=O) groups is 1. The predicted octanol–water partition coefficient (Wildman–Crippen LogP) is 1.67. The first-order valence-corrected chi connectivity index (χ1v) is 7.28. The summed E-state index contributed by atoms with van der Waals surface area (Å²) >= 11 is 0. The van der Waals surface area contributed by atoms with Gasteiger partial charge in [0.1, 0.15) is 5.78 Å². The molecule has 0 amide bonds. The summed E-state index contributed by atoms with van der Waals surface area (Å²) in [4.78, 5) is 17.1. The summed E-state index contributed by atoms with van der Waals surface area (Å²) in [6, 6.07) is 1.55. The predicted molar refractivity (Wildman–Crippen MR) is 68.0 cm³/mol. The van der Waals surface area contributed by atoms with Gasteiger partial charge in [0.05, 0.1) is 6.04 Å². The summed E-state index contributed by atoms with van der Waals surface area (Å²) in [5, 5.41) is 0. The summed E-state index contributed by atoms with van der Waals surface area (Å²) in [7, 11) is 0. The van der Waals surface area contributed by atoms with Gasteiger partial charge >= 0.3 is 0 Å². The minimum atomic E-state index is 0.258. The summed E-state index contributed by atoms with van der Waals surface area (Å²) in [6.07, 6.45) is 7.12. The molecule has 0 aromatic carbocycles. The Bertz CT molecular complexity index is 305. The van der Waals surface area contributed by atoms with E-state index < -0.39 is 0 Å². The number of hydrogen-bond acceptors (Lipinski definition) is 3. The van der Waals surface area contributed by atoms with Gasteiger partial charge in [-0.05, 0) is 39.2 Å². The number of ketones is 1. The van der Waals surface area contributed by atoms with Gasteiger partial charge in [0, 0.05) is 31.6 Å². The molecule has 0 aromatic rings. The van der Waals surface area contributed by atoms with Gasteiger partial charge in [-0.1, -0.05) is 6.42 Å². The Kier molecular flexibility index (Phi) is 3.22. The summed E-state index contributed by atoms with van der Waals surface area (Å²) in [5.41, 5.74) is 0. The number of rotatable bonds is 1. The Morgan fingerprint density at radius 3 is 2.76 bits per heavy atom. The van der Waals surface area contributed by atoms with Crippen molar-refractivity contribution < 1.29 is 4.79 Å². The molecule has 2 aliphatic heterocycles. The van der Waals surface area contributed by atoms with Crippen LogP contribution in [0.5, 0.6) is 0 Å². The van der Waals surface area contributed by atoms with Gasteiger partial charge in [-0.3, -0.25) is 14.6 Å². The Balaban J connectivity index is 1.70. The minimum Gasteiger partial charge on any atom is -0.298 e. The van der Waals surface area contributed by atoms with E-state index in [0.717, 1.165) is 31.8 Å². The van der Waals surface area contributed by atoms with E-state index in [-0.39, 0.29) is 6.04 Å². The van der Waals surface area contributed by atoms with Crippen LogP contribution >= 0.6 is 0 Å². The van der Waals surface area contributed by atoms with Crippen molar-refractivity contribution in [2.24, 2.45) is 0 Å². The van der Waals surface area contributed by atoms with Crippen LogP contribution in [-0.2, 0) is 4.79 Å². The SMILES string of the molecule is CC1CN2CCCCC2CN1C1CCCC1=O. The Labute approximate surface area is 104 Å². The Morgan fingerprint density at radius 1 is 1.12 bits per heavy atom. The second kappa shape index (κ2) is 4.69. The van der Waals surface area contributed by atoms with Gasteiger partial charge in [-0.2, -0.15) is 0 Å². The molecule has 96 valence electrons. The number of piperidine rings is 1. The monoisotopic (exact) mass is 236 g/mol. The molecule has 3 unspecified atom stereocenters. The first-order valence-electron chi connectivity index (χ1n) is 7.28. The molecule has 17 heavy (non-hydrogen) atoms. The normalized spacial score (nSPS) is 40.5. The highest BCUT2D eigenvalue weighted by Crippen LogP contribution is 2.29.